The van der Waals surface area contributed by atoms with E-state index in [4.69, 9.17) is 4.42 Å². The van der Waals surface area contributed by atoms with Crippen molar-refractivity contribution >= 4 is 11.0 Å². The highest BCUT2D eigenvalue weighted by Crippen LogP contribution is 2.29. The Morgan fingerprint density at radius 2 is 2.31 bits per heavy atom. The Hall–Kier alpha value is -2.03. The molecule has 0 aliphatic rings. The molecule has 0 saturated heterocycles. The van der Waals surface area contributed by atoms with Crippen molar-refractivity contribution in [3.05, 3.63) is 52.4 Å². The summed E-state index contributed by atoms with van der Waals surface area (Å²) in [5, 5.41) is 10.4. The van der Waals surface area contributed by atoms with E-state index in [1.807, 2.05) is 0 Å². The van der Waals surface area contributed by atoms with Gasteiger partial charge in [-0.25, -0.2) is 0 Å². The van der Waals surface area contributed by atoms with Gasteiger partial charge in [-0.1, -0.05) is 6.08 Å². The van der Waals surface area contributed by atoms with Crippen LogP contribution in [0.2, 0.25) is 0 Å². The largest absolute Gasteiger partial charge is 0.507 e. The maximum atomic E-state index is 11.7. The third kappa shape index (κ3) is 1.50. The van der Waals surface area contributed by atoms with Gasteiger partial charge in [-0.3, -0.25) is 4.79 Å². The van der Waals surface area contributed by atoms with Crippen LogP contribution in [0.15, 0.2) is 40.3 Å². The van der Waals surface area contributed by atoms with Crippen LogP contribution in [-0.4, -0.2) is 5.11 Å². The molecule has 1 heterocycles. The predicted molar refractivity (Wildman–Crippen MR) is 62.8 cm³/mol. The number of aromatic hydroxyl groups is 1. The molecule has 0 aliphatic heterocycles. The van der Waals surface area contributed by atoms with Crippen LogP contribution in [0.3, 0.4) is 0 Å². The molecule has 1 N–H and O–H groups in total. The quantitative estimate of drug-likeness (QED) is 0.785. The lowest BCUT2D eigenvalue weighted by molar-refractivity contribution is 0.465. The highest BCUT2D eigenvalue weighted by Gasteiger charge is 2.12. The van der Waals surface area contributed by atoms with E-state index in [0.29, 0.717) is 28.5 Å². The van der Waals surface area contributed by atoms with E-state index >= 15 is 0 Å². The standard InChI is InChI=1S/C13H12O3/c1-3-4-9-12-10(14)5-6-16-11(12)7-8(2)13(9)15/h3,5-7,15H,1,4H2,2H3. The topological polar surface area (TPSA) is 50.4 Å². The SMILES string of the molecule is C=CCc1c(O)c(C)cc2occc(=O)c12. The van der Waals surface area contributed by atoms with Gasteiger partial charge in [0.05, 0.1) is 11.6 Å². The molecule has 0 atom stereocenters. The number of rotatable bonds is 2. The smallest absolute Gasteiger partial charge is 0.193 e. The van der Waals surface area contributed by atoms with E-state index < -0.39 is 0 Å². The summed E-state index contributed by atoms with van der Waals surface area (Å²) in [6.07, 6.45) is 3.46. The zero-order valence-corrected chi connectivity index (χ0v) is 8.99. The van der Waals surface area contributed by atoms with Gasteiger partial charge in [0.2, 0.25) is 0 Å². The van der Waals surface area contributed by atoms with Crippen LogP contribution in [0.1, 0.15) is 11.1 Å². The first-order valence-electron chi connectivity index (χ1n) is 4.99. The first kappa shape index (κ1) is 10.5. The summed E-state index contributed by atoms with van der Waals surface area (Å²) < 4.78 is 5.27. The monoisotopic (exact) mass is 216 g/mol. The summed E-state index contributed by atoms with van der Waals surface area (Å²) in [7, 11) is 0. The molecule has 1 aromatic carbocycles. The Kier molecular flexibility index (Phi) is 2.52. The molecule has 0 fully saturated rings. The third-order valence-corrected chi connectivity index (χ3v) is 2.56. The van der Waals surface area contributed by atoms with E-state index in [1.54, 1.807) is 19.1 Å². The minimum absolute atomic E-state index is 0.144. The Balaban J connectivity index is 2.96. The van der Waals surface area contributed by atoms with Crippen LogP contribution in [0.5, 0.6) is 5.75 Å². The zero-order chi connectivity index (χ0) is 11.7. The number of phenols is 1. The lowest BCUT2D eigenvalue weighted by Gasteiger charge is -2.08. The molecule has 0 amide bonds. The Bertz CT molecular complexity index is 608. The summed E-state index contributed by atoms with van der Waals surface area (Å²) in [5.74, 6) is 0.144. The van der Waals surface area contributed by atoms with Crippen molar-refractivity contribution in [3.63, 3.8) is 0 Å². The number of phenolic OH excluding ortho intramolecular Hbond substituents is 1. The van der Waals surface area contributed by atoms with Gasteiger partial charge in [-0.15, -0.1) is 6.58 Å². The van der Waals surface area contributed by atoms with Gasteiger partial charge in [-0.2, -0.15) is 0 Å². The normalized spacial score (nSPS) is 10.6. The second-order valence-corrected chi connectivity index (χ2v) is 3.67. The van der Waals surface area contributed by atoms with E-state index in [2.05, 4.69) is 6.58 Å². The number of hydrogen-bond donors (Lipinski definition) is 1. The molecular weight excluding hydrogens is 204 g/mol. The van der Waals surface area contributed by atoms with Crippen molar-refractivity contribution in [1.29, 1.82) is 0 Å². The van der Waals surface area contributed by atoms with Crippen LogP contribution >= 0.6 is 0 Å². The van der Waals surface area contributed by atoms with Gasteiger partial charge in [0.25, 0.3) is 0 Å². The molecule has 1 aromatic heterocycles. The molecule has 0 bridgehead atoms. The van der Waals surface area contributed by atoms with Crippen molar-refractivity contribution in [2.24, 2.45) is 0 Å². The van der Waals surface area contributed by atoms with Crippen molar-refractivity contribution < 1.29 is 9.52 Å². The minimum atomic E-state index is -0.145. The summed E-state index contributed by atoms with van der Waals surface area (Å²) in [6.45, 7) is 5.39. The van der Waals surface area contributed by atoms with Crippen LogP contribution in [0, 0.1) is 6.92 Å². The molecular formula is C13H12O3. The van der Waals surface area contributed by atoms with Crippen LogP contribution in [-0.2, 0) is 6.42 Å². The fourth-order valence-electron chi connectivity index (χ4n) is 1.80. The van der Waals surface area contributed by atoms with E-state index in [9.17, 15) is 9.90 Å². The highest BCUT2D eigenvalue weighted by molar-refractivity contribution is 5.84. The molecule has 3 nitrogen and oxygen atoms in total. The van der Waals surface area contributed by atoms with Crippen molar-refractivity contribution in [1.82, 2.24) is 0 Å². The molecule has 82 valence electrons. The van der Waals surface area contributed by atoms with Crippen molar-refractivity contribution in [2.45, 2.75) is 13.3 Å². The predicted octanol–water partition coefficient (Wildman–Crippen LogP) is 2.54. The Labute approximate surface area is 92.6 Å². The molecule has 0 radical (unpaired) electrons. The average molecular weight is 216 g/mol. The zero-order valence-electron chi connectivity index (χ0n) is 8.99. The maximum absolute atomic E-state index is 11.7. The van der Waals surface area contributed by atoms with Gasteiger partial charge in [-0.05, 0) is 25.0 Å². The number of allylic oxidation sites excluding steroid dienone is 1. The average Bonchev–Trinajstić information content (AvgIpc) is 2.25. The molecule has 3 heteroatoms. The van der Waals surface area contributed by atoms with Crippen LogP contribution in [0.25, 0.3) is 11.0 Å². The first-order valence-corrected chi connectivity index (χ1v) is 4.99. The number of benzene rings is 1. The number of fused-ring (bicyclic) bond motifs is 1. The molecule has 0 saturated carbocycles. The molecule has 0 unspecified atom stereocenters. The van der Waals surface area contributed by atoms with E-state index in [1.165, 1.54) is 12.3 Å². The first-order chi connectivity index (χ1) is 7.65. The molecule has 2 aromatic rings. The second-order valence-electron chi connectivity index (χ2n) is 3.67. The number of hydrogen-bond acceptors (Lipinski definition) is 3. The van der Waals surface area contributed by atoms with Crippen LogP contribution in [0.4, 0.5) is 0 Å². The molecule has 2 rings (SSSR count). The van der Waals surface area contributed by atoms with Crippen molar-refractivity contribution in [2.75, 3.05) is 0 Å². The lowest BCUT2D eigenvalue weighted by atomic mass is 10.0. The maximum Gasteiger partial charge on any atom is 0.193 e. The number of aryl methyl sites for hydroxylation is 1. The second kappa shape index (κ2) is 3.85. The third-order valence-electron chi connectivity index (χ3n) is 2.56. The summed E-state index contributed by atoms with van der Waals surface area (Å²) >= 11 is 0. The fourth-order valence-corrected chi connectivity index (χ4v) is 1.80. The Morgan fingerprint density at radius 3 is 3.00 bits per heavy atom. The summed E-state index contributed by atoms with van der Waals surface area (Å²) in [4.78, 5) is 11.7. The van der Waals surface area contributed by atoms with Gasteiger partial charge in [0.15, 0.2) is 5.43 Å². The Morgan fingerprint density at radius 1 is 1.56 bits per heavy atom. The summed E-state index contributed by atoms with van der Waals surface area (Å²) in [5.41, 5.74) is 1.63. The molecule has 16 heavy (non-hydrogen) atoms. The van der Waals surface area contributed by atoms with Crippen LogP contribution < -0.4 is 5.43 Å². The van der Waals surface area contributed by atoms with E-state index in [0.717, 1.165) is 0 Å². The van der Waals surface area contributed by atoms with Crippen molar-refractivity contribution in [3.8, 4) is 5.75 Å². The molecule has 0 spiro atoms. The summed E-state index contributed by atoms with van der Waals surface area (Å²) in [6, 6.07) is 3.02. The fraction of sp³-hybridized carbons (Fsp3) is 0.154. The highest BCUT2D eigenvalue weighted by atomic mass is 16.3. The molecule has 0 aliphatic carbocycles. The van der Waals surface area contributed by atoms with Gasteiger partial charge in [0, 0.05) is 11.6 Å². The van der Waals surface area contributed by atoms with Gasteiger partial charge in [0.1, 0.15) is 11.3 Å². The van der Waals surface area contributed by atoms with Gasteiger partial charge < -0.3 is 9.52 Å². The lowest BCUT2D eigenvalue weighted by Crippen LogP contribution is -2.03. The minimum Gasteiger partial charge on any atom is -0.507 e. The van der Waals surface area contributed by atoms with E-state index in [-0.39, 0.29) is 11.2 Å². The van der Waals surface area contributed by atoms with Gasteiger partial charge >= 0.3 is 0 Å².